The smallest absolute Gasteiger partial charge is 0.231 e. The highest BCUT2D eigenvalue weighted by atomic mass is 16.7. The molecule has 1 atom stereocenters. The molecule has 2 N–H and O–H groups in total. The van der Waals surface area contributed by atoms with Gasteiger partial charge in [0.1, 0.15) is 5.75 Å². The van der Waals surface area contributed by atoms with Crippen LogP contribution in [0.25, 0.3) is 0 Å². The van der Waals surface area contributed by atoms with Gasteiger partial charge in [0.25, 0.3) is 0 Å². The molecule has 0 saturated heterocycles. The van der Waals surface area contributed by atoms with Gasteiger partial charge in [-0.1, -0.05) is 0 Å². The molecule has 1 aromatic carbocycles. The first-order chi connectivity index (χ1) is 9.24. The van der Waals surface area contributed by atoms with Crippen LogP contribution in [0.15, 0.2) is 12.1 Å². The summed E-state index contributed by atoms with van der Waals surface area (Å²) in [7, 11) is 1.69. The summed E-state index contributed by atoms with van der Waals surface area (Å²) in [6, 6.07) is 3.84. The van der Waals surface area contributed by atoms with E-state index in [4.69, 9.17) is 24.7 Å². The van der Waals surface area contributed by atoms with E-state index >= 15 is 0 Å². The Morgan fingerprint density at radius 2 is 2.05 bits per heavy atom. The summed E-state index contributed by atoms with van der Waals surface area (Å²) in [6.07, 6.45) is 1.67. The van der Waals surface area contributed by atoms with Crippen molar-refractivity contribution in [2.45, 2.75) is 25.9 Å². The van der Waals surface area contributed by atoms with Crippen LogP contribution in [0.2, 0.25) is 0 Å². The first kappa shape index (κ1) is 14.0. The van der Waals surface area contributed by atoms with Crippen molar-refractivity contribution in [1.82, 2.24) is 0 Å². The Hall–Kier alpha value is -1.46. The van der Waals surface area contributed by atoms with Gasteiger partial charge in [0.2, 0.25) is 6.79 Å². The van der Waals surface area contributed by atoms with Crippen molar-refractivity contribution in [2.75, 3.05) is 27.1 Å². The van der Waals surface area contributed by atoms with Crippen LogP contribution in [-0.4, -0.2) is 33.2 Å². The fourth-order valence-corrected chi connectivity index (χ4v) is 1.99. The van der Waals surface area contributed by atoms with Crippen LogP contribution in [-0.2, 0) is 11.2 Å². The first-order valence-corrected chi connectivity index (χ1v) is 6.52. The molecular weight excluding hydrogens is 246 g/mol. The van der Waals surface area contributed by atoms with Crippen molar-refractivity contribution in [3.05, 3.63) is 17.7 Å². The van der Waals surface area contributed by atoms with Crippen molar-refractivity contribution >= 4 is 0 Å². The highest BCUT2D eigenvalue weighted by Gasteiger charge is 2.18. The lowest BCUT2D eigenvalue weighted by atomic mass is 10.1. The number of ether oxygens (including phenoxy) is 4. The van der Waals surface area contributed by atoms with Gasteiger partial charge < -0.3 is 24.7 Å². The van der Waals surface area contributed by atoms with E-state index in [1.165, 1.54) is 0 Å². The number of benzene rings is 1. The summed E-state index contributed by atoms with van der Waals surface area (Å²) in [5.74, 6) is 2.31. The van der Waals surface area contributed by atoms with Gasteiger partial charge in [-0.2, -0.15) is 0 Å². The van der Waals surface area contributed by atoms with Crippen LogP contribution >= 0.6 is 0 Å². The summed E-state index contributed by atoms with van der Waals surface area (Å²) >= 11 is 0. The zero-order valence-corrected chi connectivity index (χ0v) is 11.5. The number of rotatable bonds is 7. The Labute approximate surface area is 113 Å². The van der Waals surface area contributed by atoms with Crippen LogP contribution in [0.5, 0.6) is 17.2 Å². The summed E-state index contributed by atoms with van der Waals surface area (Å²) in [5, 5.41) is 0. The highest BCUT2D eigenvalue weighted by molar-refractivity contribution is 5.52. The van der Waals surface area contributed by atoms with E-state index in [1.54, 1.807) is 7.11 Å². The predicted molar refractivity (Wildman–Crippen MR) is 71.9 cm³/mol. The third kappa shape index (κ3) is 3.52. The van der Waals surface area contributed by atoms with Crippen LogP contribution in [0.3, 0.4) is 0 Å². The van der Waals surface area contributed by atoms with E-state index < -0.39 is 0 Å². The number of nitrogens with two attached hydrogens (primary N) is 1. The first-order valence-electron chi connectivity index (χ1n) is 6.52. The highest BCUT2D eigenvalue weighted by Crippen LogP contribution is 2.38. The van der Waals surface area contributed by atoms with E-state index in [2.05, 4.69) is 0 Å². The molecule has 106 valence electrons. The molecule has 0 radical (unpaired) electrons. The number of fused-ring (bicyclic) bond motifs is 1. The van der Waals surface area contributed by atoms with Gasteiger partial charge in [0.15, 0.2) is 11.5 Å². The molecule has 0 spiro atoms. The van der Waals surface area contributed by atoms with Gasteiger partial charge in [-0.25, -0.2) is 0 Å². The van der Waals surface area contributed by atoms with E-state index in [-0.39, 0.29) is 12.9 Å². The second kappa shape index (κ2) is 6.63. The number of hydrogen-bond donors (Lipinski definition) is 1. The molecule has 1 aliphatic heterocycles. The van der Waals surface area contributed by atoms with Gasteiger partial charge >= 0.3 is 0 Å². The second-order valence-corrected chi connectivity index (χ2v) is 4.56. The minimum Gasteiger partial charge on any atom is -0.490 e. The number of methoxy groups -OCH3 is 1. The average Bonchev–Trinajstić information content (AvgIpc) is 2.84. The zero-order valence-electron chi connectivity index (χ0n) is 11.5. The molecule has 19 heavy (non-hydrogen) atoms. The molecule has 1 unspecified atom stereocenters. The van der Waals surface area contributed by atoms with E-state index in [9.17, 15) is 0 Å². The Bertz CT molecular complexity index is 422. The monoisotopic (exact) mass is 267 g/mol. The van der Waals surface area contributed by atoms with Gasteiger partial charge in [-0.15, -0.1) is 0 Å². The molecule has 1 aromatic rings. The van der Waals surface area contributed by atoms with Gasteiger partial charge in [-0.05, 0) is 31.5 Å². The number of hydrogen-bond acceptors (Lipinski definition) is 5. The largest absolute Gasteiger partial charge is 0.490 e. The quantitative estimate of drug-likeness (QED) is 0.815. The van der Waals surface area contributed by atoms with Crippen LogP contribution < -0.4 is 19.9 Å². The maximum Gasteiger partial charge on any atom is 0.231 e. The van der Waals surface area contributed by atoms with Crippen molar-refractivity contribution in [3.63, 3.8) is 0 Å². The summed E-state index contributed by atoms with van der Waals surface area (Å²) in [6.45, 7) is 3.54. The third-order valence-electron chi connectivity index (χ3n) is 3.03. The lowest BCUT2D eigenvalue weighted by Crippen LogP contribution is -2.16. The Morgan fingerprint density at radius 3 is 2.74 bits per heavy atom. The van der Waals surface area contributed by atoms with E-state index in [0.717, 1.165) is 35.7 Å². The predicted octanol–water partition coefficient (Wildman–Crippen LogP) is 1.72. The molecule has 1 heterocycles. The summed E-state index contributed by atoms with van der Waals surface area (Å²) < 4.78 is 21.8. The third-order valence-corrected chi connectivity index (χ3v) is 3.03. The molecule has 0 aromatic heterocycles. The fraction of sp³-hybridized carbons (Fsp3) is 0.571. The van der Waals surface area contributed by atoms with E-state index in [0.29, 0.717) is 13.2 Å². The standard InChI is InChI=1S/C14H21NO4/c1-10(4-6-16-2)19-12-8-14-13(17-9-18-14)7-11(12)3-5-15/h7-8,10H,3-6,9,15H2,1-2H3. The summed E-state index contributed by atoms with van der Waals surface area (Å²) in [5.41, 5.74) is 6.69. The molecule has 5 heteroatoms. The Morgan fingerprint density at radius 1 is 1.32 bits per heavy atom. The fourth-order valence-electron chi connectivity index (χ4n) is 1.99. The Kier molecular flexibility index (Phi) is 4.87. The molecule has 0 amide bonds. The van der Waals surface area contributed by atoms with Crippen molar-refractivity contribution < 1.29 is 18.9 Å². The molecule has 5 nitrogen and oxygen atoms in total. The molecule has 1 aliphatic rings. The van der Waals surface area contributed by atoms with Crippen molar-refractivity contribution in [2.24, 2.45) is 5.73 Å². The molecule has 0 bridgehead atoms. The van der Waals surface area contributed by atoms with Crippen LogP contribution in [0.1, 0.15) is 18.9 Å². The van der Waals surface area contributed by atoms with Gasteiger partial charge in [-0.3, -0.25) is 0 Å². The van der Waals surface area contributed by atoms with Crippen molar-refractivity contribution in [1.29, 1.82) is 0 Å². The van der Waals surface area contributed by atoms with E-state index in [1.807, 2.05) is 19.1 Å². The Balaban J connectivity index is 2.13. The molecule has 0 fully saturated rings. The SMILES string of the molecule is COCCC(C)Oc1cc2c(cc1CCN)OCO2. The van der Waals surface area contributed by atoms with Gasteiger partial charge in [0.05, 0.1) is 6.10 Å². The minimum atomic E-state index is 0.0804. The second-order valence-electron chi connectivity index (χ2n) is 4.56. The summed E-state index contributed by atoms with van der Waals surface area (Å²) in [4.78, 5) is 0. The van der Waals surface area contributed by atoms with Crippen LogP contribution in [0.4, 0.5) is 0 Å². The molecule has 2 rings (SSSR count). The zero-order chi connectivity index (χ0) is 13.7. The maximum absolute atomic E-state index is 5.95. The topological polar surface area (TPSA) is 62.9 Å². The average molecular weight is 267 g/mol. The van der Waals surface area contributed by atoms with Crippen LogP contribution in [0, 0.1) is 0 Å². The molecular formula is C14H21NO4. The maximum atomic E-state index is 5.95. The normalized spacial score (nSPS) is 14.5. The molecule has 0 aliphatic carbocycles. The lowest BCUT2D eigenvalue weighted by molar-refractivity contribution is 0.134. The van der Waals surface area contributed by atoms with Gasteiger partial charge in [0, 0.05) is 26.2 Å². The van der Waals surface area contributed by atoms with Crippen molar-refractivity contribution in [3.8, 4) is 17.2 Å². The lowest BCUT2D eigenvalue weighted by Gasteiger charge is -2.17. The minimum absolute atomic E-state index is 0.0804. The molecule has 0 saturated carbocycles.